The van der Waals surface area contributed by atoms with Crippen LogP contribution in [-0.4, -0.2) is 51.7 Å². The van der Waals surface area contributed by atoms with E-state index < -0.39 is 5.60 Å². The van der Waals surface area contributed by atoms with E-state index >= 15 is 0 Å². The van der Waals surface area contributed by atoms with E-state index in [1.807, 2.05) is 37.8 Å². The Morgan fingerprint density at radius 1 is 1.36 bits per heavy atom. The lowest BCUT2D eigenvalue weighted by Crippen LogP contribution is -2.78. The standard InChI is InChI=1S/C18H21ClN4O2/c1-17(2,3)25-16(24)23-8-6-18(23)10-22(11-18)15-12-5-4-7-20-13(12)9-14(19)21-15/h4-5,7,9H,6,8,10-11H2,1-3H3. The number of rotatable bonds is 1. The summed E-state index contributed by atoms with van der Waals surface area (Å²) in [4.78, 5) is 25.3. The Balaban J connectivity index is 1.54. The minimum Gasteiger partial charge on any atom is -0.444 e. The van der Waals surface area contributed by atoms with Crippen LogP contribution >= 0.6 is 11.6 Å². The molecule has 2 aliphatic rings. The summed E-state index contributed by atoms with van der Waals surface area (Å²) in [6, 6.07) is 5.66. The van der Waals surface area contributed by atoms with E-state index in [9.17, 15) is 4.79 Å². The van der Waals surface area contributed by atoms with E-state index in [0.29, 0.717) is 5.15 Å². The van der Waals surface area contributed by atoms with Gasteiger partial charge in [0.05, 0.1) is 11.1 Å². The van der Waals surface area contributed by atoms with Gasteiger partial charge in [-0.15, -0.1) is 0 Å². The fourth-order valence-corrected chi connectivity index (χ4v) is 3.74. The molecule has 0 atom stereocenters. The molecule has 0 aromatic carbocycles. The number of anilines is 1. The number of likely N-dealkylation sites (tertiary alicyclic amines) is 1. The number of amides is 1. The zero-order chi connectivity index (χ0) is 17.8. The van der Waals surface area contributed by atoms with Gasteiger partial charge in [0.1, 0.15) is 16.6 Å². The van der Waals surface area contributed by atoms with E-state index in [2.05, 4.69) is 14.9 Å². The van der Waals surface area contributed by atoms with Gasteiger partial charge in [0.25, 0.3) is 0 Å². The zero-order valence-electron chi connectivity index (χ0n) is 14.6. The van der Waals surface area contributed by atoms with E-state index in [1.54, 1.807) is 12.3 Å². The molecule has 0 saturated carbocycles. The number of nitrogens with zero attached hydrogens (tertiary/aromatic N) is 4. The number of hydrogen-bond donors (Lipinski definition) is 0. The third kappa shape index (κ3) is 2.78. The summed E-state index contributed by atoms with van der Waals surface area (Å²) in [7, 11) is 0. The molecule has 0 aliphatic carbocycles. The fraction of sp³-hybridized carbons (Fsp3) is 0.500. The van der Waals surface area contributed by atoms with Crippen LogP contribution < -0.4 is 4.90 Å². The average Bonchev–Trinajstić information content (AvgIpc) is 2.42. The highest BCUT2D eigenvalue weighted by molar-refractivity contribution is 6.30. The first-order valence-electron chi connectivity index (χ1n) is 8.44. The lowest BCUT2D eigenvalue weighted by Gasteiger charge is -2.62. The van der Waals surface area contributed by atoms with Gasteiger partial charge in [0, 0.05) is 37.3 Å². The molecule has 2 saturated heterocycles. The van der Waals surface area contributed by atoms with Gasteiger partial charge in [-0.3, -0.25) is 9.88 Å². The van der Waals surface area contributed by atoms with Crippen LogP contribution in [-0.2, 0) is 4.74 Å². The van der Waals surface area contributed by atoms with Gasteiger partial charge in [-0.25, -0.2) is 9.78 Å². The molecule has 4 rings (SSSR count). The second-order valence-electron chi connectivity index (χ2n) is 7.80. The maximum absolute atomic E-state index is 12.4. The Hall–Kier alpha value is -2.08. The highest BCUT2D eigenvalue weighted by Crippen LogP contribution is 2.43. The van der Waals surface area contributed by atoms with E-state index in [-0.39, 0.29) is 11.6 Å². The monoisotopic (exact) mass is 360 g/mol. The van der Waals surface area contributed by atoms with Crippen molar-refractivity contribution in [3.05, 3.63) is 29.5 Å². The molecule has 2 fully saturated rings. The molecule has 1 amide bonds. The predicted molar refractivity (Wildman–Crippen MR) is 97.0 cm³/mol. The molecule has 2 aromatic rings. The molecule has 4 heterocycles. The van der Waals surface area contributed by atoms with Gasteiger partial charge in [-0.05, 0) is 39.3 Å². The summed E-state index contributed by atoms with van der Waals surface area (Å²) >= 11 is 6.16. The summed E-state index contributed by atoms with van der Waals surface area (Å²) in [5, 5.41) is 1.41. The second-order valence-corrected chi connectivity index (χ2v) is 8.19. The van der Waals surface area contributed by atoms with Crippen LogP contribution in [0.25, 0.3) is 10.9 Å². The van der Waals surface area contributed by atoms with Crippen LogP contribution in [0.3, 0.4) is 0 Å². The third-order valence-electron chi connectivity index (χ3n) is 4.81. The number of fused-ring (bicyclic) bond motifs is 1. The zero-order valence-corrected chi connectivity index (χ0v) is 15.4. The van der Waals surface area contributed by atoms with Crippen molar-refractivity contribution >= 4 is 34.4 Å². The van der Waals surface area contributed by atoms with Crippen molar-refractivity contribution in [2.45, 2.75) is 38.3 Å². The molecule has 0 bridgehead atoms. The summed E-state index contributed by atoms with van der Waals surface area (Å²) in [5.74, 6) is 0.831. The van der Waals surface area contributed by atoms with Crippen LogP contribution in [0.4, 0.5) is 10.6 Å². The van der Waals surface area contributed by atoms with Gasteiger partial charge < -0.3 is 9.64 Å². The Labute approximate surface area is 151 Å². The SMILES string of the molecule is CC(C)(C)OC(=O)N1CCC12CN(c1nc(Cl)cc3ncccc13)C2. The van der Waals surface area contributed by atoms with Crippen molar-refractivity contribution in [1.82, 2.24) is 14.9 Å². The Morgan fingerprint density at radius 3 is 2.76 bits per heavy atom. The van der Waals surface area contributed by atoms with E-state index in [0.717, 1.165) is 42.8 Å². The molecule has 25 heavy (non-hydrogen) atoms. The molecule has 6 nitrogen and oxygen atoms in total. The topological polar surface area (TPSA) is 58.6 Å². The average molecular weight is 361 g/mol. The molecule has 2 aromatic heterocycles. The van der Waals surface area contributed by atoms with E-state index in [1.165, 1.54) is 0 Å². The number of carbonyl (C=O) groups excluding carboxylic acids is 1. The quantitative estimate of drug-likeness (QED) is 0.729. The fourth-order valence-electron chi connectivity index (χ4n) is 3.55. The Bertz CT molecular complexity index is 843. The summed E-state index contributed by atoms with van der Waals surface area (Å²) < 4.78 is 5.52. The van der Waals surface area contributed by atoms with Crippen LogP contribution in [0.5, 0.6) is 0 Å². The minimum absolute atomic E-state index is 0.138. The summed E-state index contributed by atoms with van der Waals surface area (Å²) in [6.45, 7) is 7.89. The number of halogens is 1. The predicted octanol–water partition coefficient (Wildman–Crippen LogP) is 3.48. The number of aromatic nitrogens is 2. The molecular weight excluding hydrogens is 340 g/mol. The van der Waals surface area contributed by atoms with Gasteiger partial charge in [-0.1, -0.05) is 11.6 Å². The lowest BCUT2D eigenvalue weighted by atomic mass is 9.77. The maximum atomic E-state index is 12.4. The molecule has 7 heteroatoms. The van der Waals surface area contributed by atoms with Gasteiger partial charge in [0.15, 0.2) is 0 Å². The molecule has 132 valence electrons. The van der Waals surface area contributed by atoms with Gasteiger partial charge in [0.2, 0.25) is 0 Å². The van der Waals surface area contributed by atoms with Crippen molar-refractivity contribution in [3.8, 4) is 0 Å². The third-order valence-corrected chi connectivity index (χ3v) is 5.00. The number of pyridine rings is 2. The van der Waals surface area contributed by atoms with Gasteiger partial charge in [-0.2, -0.15) is 0 Å². The molecule has 1 spiro atoms. The molecule has 0 radical (unpaired) electrons. The molecular formula is C18H21ClN4O2. The van der Waals surface area contributed by atoms with Crippen LogP contribution in [0.1, 0.15) is 27.2 Å². The first-order chi connectivity index (χ1) is 11.8. The minimum atomic E-state index is -0.478. The van der Waals surface area contributed by atoms with Crippen LogP contribution in [0.15, 0.2) is 24.4 Å². The number of ether oxygens (including phenoxy) is 1. The number of carbonyl (C=O) groups is 1. The van der Waals surface area contributed by atoms with Crippen molar-refractivity contribution < 1.29 is 9.53 Å². The maximum Gasteiger partial charge on any atom is 0.410 e. The second kappa shape index (κ2) is 5.46. The summed E-state index contributed by atoms with van der Waals surface area (Å²) in [6.07, 6.45) is 2.50. The first-order valence-corrected chi connectivity index (χ1v) is 8.82. The van der Waals surface area contributed by atoms with Crippen molar-refractivity contribution in [2.75, 3.05) is 24.5 Å². The highest BCUT2D eigenvalue weighted by atomic mass is 35.5. The summed E-state index contributed by atoms with van der Waals surface area (Å²) in [5.41, 5.74) is 0.213. The largest absolute Gasteiger partial charge is 0.444 e. The Kier molecular flexibility index (Phi) is 3.58. The van der Waals surface area contributed by atoms with Crippen molar-refractivity contribution in [3.63, 3.8) is 0 Å². The van der Waals surface area contributed by atoms with Crippen LogP contribution in [0, 0.1) is 0 Å². The Morgan fingerprint density at radius 2 is 2.12 bits per heavy atom. The van der Waals surface area contributed by atoms with Crippen molar-refractivity contribution in [1.29, 1.82) is 0 Å². The van der Waals surface area contributed by atoms with Crippen molar-refractivity contribution in [2.24, 2.45) is 0 Å². The molecule has 0 N–H and O–H groups in total. The van der Waals surface area contributed by atoms with E-state index in [4.69, 9.17) is 16.3 Å². The van der Waals surface area contributed by atoms with Crippen LogP contribution in [0.2, 0.25) is 5.15 Å². The smallest absolute Gasteiger partial charge is 0.410 e. The lowest BCUT2D eigenvalue weighted by molar-refractivity contribution is -0.0561. The highest BCUT2D eigenvalue weighted by Gasteiger charge is 2.57. The van der Waals surface area contributed by atoms with Gasteiger partial charge >= 0.3 is 6.09 Å². The molecule has 2 aliphatic heterocycles. The normalized spacial score (nSPS) is 18.9. The molecule has 0 unspecified atom stereocenters. The first kappa shape index (κ1) is 16.4. The number of hydrogen-bond acceptors (Lipinski definition) is 5.